The number of rotatable bonds is 5. The molecule has 0 atom stereocenters. The van der Waals surface area contributed by atoms with E-state index >= 15 is 0 Å². The van der Waals surface area contributed by atoms with Gasteiger partial charge in [0.2, 0.25) is 0 Å². The van der Waals surface area contributed by atoms with Crippen molar-refractivity contribution in [3.8, 4) is 5.75 Å². The maximum Gasteiger partial charge on any atom is 0.153 e. The van der Waals surface area contributed by atoms with Crippen LogP contribution in [0.5, 0.6) is 5.75 Å². The summed E-state index contributed by atoms with van der Waals surface area (Å²) in [7, 11) is 5.96. The highest BCUT2D eigenvalue weighted by atomic mass is 16.5. The minimum absolute atomic E-state index is 0.661. The molecule has 0 saturated carbocycles. The van der Waals surface area contributed by atoms with Crippen LogP contribution in [0.15, 0.2) is 24.4 Å². The molecule has 0 fully saturated rings. The smallest absolute Gasteiger partial charge is 0.153 e. The lowest BCUT2D eigenvalue weighted by atomic mass is 10.1. The lowest BCUT2D eigenvalue weighted by Gasteiger charge is -2.16. The molecule has 0 aliphatic carbocycles. The number of aryl methyl sites for hydroxylation is 1. The molecule has 102 valence electrons. The fourth-order valence-electron chi connectivity index (χ4n) is 2.01. The van der Waals surface area contributed by atoms with E-state index in [0.717, 1.165) is 34.4 Å². The number of para-hydroxylation sites is 1. The quantitative estimate of drug-likeness (QED) is 0.895. The molecule has 2 aromatic rings. The average Bonchev–Trinajstić information content (AvgIpc) is 2.39. The van der Waals surface area contributed by atoms with Gasteiger partial charge in [-0.3, -0.25) is 4.98 Å². The van der Waals surface area contributed by atoms with E-state index in [1.165, 1.54) is 0 Å². The maximum atomic E-state index is 5.96. The standard InChI is InChI=1S/C15H21N3O/c1-11-6-5-7-12-14(11)17-10-13(16-2)15(12)19-9-8-18(3)4/h5-7,10,16H,8-9H2,1-4H3. The minimum Gasteiger partial charge on any atom is -0.489 e. The predicted molar refractivity (Wildman–Crippen MR) is 80.1 cm³/mol. The number of nitrogens with one attached hydrogen (secondary N) is 1. The van der Waals surface area contributed by atoms with E-state index in [9.17, 15) is 0 Å². The first-order chi connectivity index (χ1) is 9.13. The lowest BCUT2D eigenvalue weighted by molar-refractivity contribution is 0.264. The summed E-state index contributed by atoms with van der Waals surface area (Å²) in [4.78, 5) is 6.61. The third-order valence-corrected chi connectivity index (χ3v) is 3.10. The molecular weight excluding hydrogens is 238 g/mol. The van der Waals surface area contributed by atoms with Crippen molar-refractivity contribution in [2.45, 2.75) is 6.92 Å². The molecule has 0 amide bonds. The fraction of sp³-hybridized carbons (Fsp3) is 0.400. The lowest BCUT2D eigenvalue weighted by Crippen LogP contribution is -2.19. The summed E-state index contributed by atoms with van der Waals surface area (Å²) in [6, 6.07) is 6.16. The van der Waals surface area contributed by atoms with Crippen molar-refractivity contribution >= 4 is 16.6 Å². The molecule has 1 N–H and O–H groups in total. The highest BCUT2D eigenvalue weighted by molar-refractivity contribution is 5.92. The third kappa shape index (κ3) is 2.96. The Morgan fingerprint density at radius 2 is 2.11 bits per heavy atom. The Morgan fingerprint density at radius 1 is 1.32 bits per heavy atom. The van der Waals surface area contributed by atoms with Crippen molar-refractivity contribution in [2.24, 2.45) is 0 Å². The number of likely N-dealkylation sites (N-methyl/N-ethyl adjacent to an activating group) is 1. The first-order valence-corrected chi connectivity index (χ1v) is 6.47. The van der Waals surface area contributed by atoms with Crippen LogP contribution in [0, 0.1) is 6.92 Å². The van der Waals surface area contributed by atoms with Crippen LogP contribution in [0.4, 0.5) is 5.69 Å². The maximum absolute atomic E-state index is 5.96. The Morgan fingerprint density at radius 3 is 2.79 bits per heavy atom. The minimum atomic E-state index is 0.661. The van der Waals surface area contributed by atoms with Gasteiger partial charge in [0, 0.05) is 19.0 Å². The van der Waals surface area contributed by atoms with E-state index in [1.54, 1.807) is 0 Å². The molecule has 0 saturated heterocycles. The van der Waals surface area contributed by atoms with E-state index in [0.29, 0.717) is 6.61 Å². The molecule has 0 aliphatic heterocycles. The summed E-state index contributed by atoms with van der Waals surface area (Å²) in [5, 5.41) is 4.20. The zero-order valence-electron chi connectivity index (χ0n) is 12.0. The van der Waals surface area contributed by atoms with E-state index in [1.807, 2.05) is 33.4 Å². The van der Waals surface area contributed by atoms with Crippen LogP contribution in [0.2, 0.25) is 0 Å². The zero-order valence-corrected chi connectivity index (χ0v) is 12.0. The normalized spacial score (nSPS) is 11.0. The summed E-state index contributed by atoms with van der Waals surface area (Å²) in [5.41, 5.74) is 3.09. The first-order valence-electron chi connectivity index (χ1n) is 6.47. The van der Waals surface area contributed by atoms with Crippen molar-refractivity contribution < 1.29 is 4.74 Å². The van der Waals surface area contributed by atoms with E-state index in [2.05, 4.69) is 34.3 Å². The molecule has 0 bridgehead atoms. The van der Waals surface area contributed by atoms with Crippen LogP contribution in [0.25, 0.3) is 10.9 Å². The Balaban J connectivity index is 2.40. The highest BCUT2D eigenvalue weighted by Crippen LogP contribution is 2.33. The second-order valence-corrected chi connectivity index (χ2v) is 4.87. The molecule has 1 heterocycles. The van der Waals surface area contributed by atoms with Gasteiger partial charge in [-0.05, 0) is 32.6 Å². The molecule has 19 heavy (non-hydrogen) atoms. The zero-order chi connectivity index (χ0) is 13.8. The number of aromatic nitrogens is 1. The van der Waals surface area contributed by atoms with Crippen LogP contribution < -0.4 is 10.1 Å². The van der Waals surface area contributed by atoms with Crippen molar-refractivity contribution in [3.05, 3.63) is 30.0 Å². The van der Waals surface area contributed by atoms with Crippen LogP contribution >= 0.6 is 0 Å². The fourth-order valence-corrected chi connectivity index (χ4v) is 2.01. The number of hydrogen-bond acceptors (Lipinski definition) is 4. The summed E-state index contributed by atoms with van der Waals surface area (Å²) >= 11 is 0. The van der Waals surface area contributed by atoms with E-state index in [4.69, 9.17) is 4.74 Å². The van der Waals surface area contributed by atoms with E-state index < -0.39 is 0 Å². The van der Waals surface area contributed by atoms with E-state index in [-0.39, 0.29) is 0 Å². The Kier molecular flexibility index (Phi) is 4.22. The molecule has 0 unspecified atom stereocenters. The molecule has 0 radical (unpaired) electrons. The molecule has 1 aromatic heterocycles. The Labute approximate surface area is 114 Å². The number of hydrogen-bond donors (Lipinski definition) is 1. The van der Waals surface area contributed by atoms with Crippen molar-refractivity contribution in [3.63, 3.8) is 0 Å². The van der Waals surface area contributed by atoms with Gasteiger partial charge in [-0.15, -0.1) is 0 Å². The summed E-state index contributed by atoms with van der Waals surface area (Å²) in [5.74, 6) is 0.887. The first kappa shape index (κ1) is 13.6. The SMILES string of the molecule is CNc1cnc2c(C)cccc2c1OCCN(C)C. The number of nitrogens with zero attached hydrogens (tertiary/aromatic N) is 2. The van der Waals surface area contributed by atoms with Gasteiger partial charge in [0.05, 0.1) is 17.4 Å². The largest absolute Gasteiger partial charge is 0.489 e. The Hall–Kier alpha value is -1.81. The summed E-state index contributed by atoms with van der Waals surface area (Å²) in [6.45, 7) is 3.62. The van der Waals surface area contributed by atoms with Gasteiger partial charge in [-0.1, -0.05) is 12.1 Å². The summed E-state index contributed by atoms with van der Waals surface area (Å²) < 4.78 is 5.96. The molecule has 1 aromatic carbocycles. The van der Waals surface area contributed by atoms with Gasteiger partial charge in [0.1, 0.15) is 6.61 Å². The number of anilines is 1. The van der Waals surface area contributed by atoms with Crippen LogP contribution in [-0.4, -0.2) is 44.2 Å². The molecule has 0 spiro atoms. The number of fused-ring (bicyclic) bond motifs is 1. The summed E-state index contributed by atoms with van der Waals surface area (Å²) in [6.07, 6.45) is 1.83. The molecular formula is C15H21N3O. The van der Waals surface area contributed by atoms with Gasteiger partial charge in [-0.25, -0.2) is 0 Å². The van der Waals surface area contributed by atoms with Gasteiger partial charge in [0.25, 0.3) is 0 Å². The van der Waals surface area contributed by atoms with Crippen LogP contribution in [-0.2, 0) is 0 Å². The number of benzene rings is 1. The van der Waals surface area contributed by atoms with Crippen LogP contribution in [0.3, 0.4) is 0 Å². The molecule has 0 aliphatic rings. The molecule has 2 rings (SSSR count). The monoisotopic (exact) mass is 259 g/mol. The topological polar surface area (TPSA) is 37.4 Å². The Bertz CT molecular complexity index is 567. The van der Waals surface area contributed by atoms with Crippen molar-refractivity contribution in [1.82, 2.24) is 9.88 Å². The predicted octanol–water partition coefficient (Wildman–Crippen LogP) is 2.53. The van der Waals surface area contributed by atoms with Gasteiger partial charge in [-0.2, -0.15) is 0 Å². The van der Waals surface area contributed by atoms with Crippen molar-refractivity contribution in [1.29, 1.82) is 0 Å². The van der Waals surface area contributed by atoms with Gasteiger partial charge >= 0.3 is 0 Å². The number of ether oxygens (including phenoxy) is 1. The van der Waals surface area contributed by atoms with Gasteiger partial charge < -0.3 is 15.0 Å². The second-order valence-electron chi connectivity index (χ2n) is 4.87. The average molecular weight is 259 g/mol. The van der Waals surface area contributed by atoms with Gasteiger partial charge in [0.15, 0.2) is 5.75 Å². The third-order valence-electron chi connectivity index (χ3n) is 3.10. The molecule has 4 nitrogen and oxygen atoms in total. The van der Waals surface area contributed by atoms with Crippen molar-refractivity contribution in [2.75, 3.05) is 39.6 Å². The number of pyridine rings is 1. The second kappa shape index (κ2) is 5.89. The highest BCUT2D eigenvalue weighted by Gasteiger charge is 2.10. The molecule has 4 heteroatoms. The van der Waals surface area contributed by atoms with Crippen LogP contribution in [0.1, 0.15) is 5.56 Å².